The number of hydrogen-bond acceptors (Lipinski definition) is 4. The second-order valence-corrected chi connectivity index (χ2v) is 5.10. The molecule has 0 bridgehead atoms. The van der Waals surface area contributed by atoms with Gasteiger partial charge in [0.2, 0.25) is 5.91 Å². The molecule has 7 heteroatoms. The predicted octanol–water partition coefficient (Wildman–Crippen LogP) is 0.961. The molecule has 1 aromatic carbocycles. The highest BCUT2D eigenvalue weighted by atomic mass is 16.5. The molecule has 1 aliphatic heterocycles. The van der Waals surface area contributed by atoms with Crippen molar-refractivity contribution in [2.75, 3.05) is 25.0 Å². The van der Waals surface area contributed by atoms with Crippen molar-refractivity contribution in [2.45, 2.75) is 19.4 Å². The van der Waals surface area contributed by atoms with E-state index >= 15 is 0 Å². The van der Waals surface area contributed by atoms with Crippen LogP contribution in [0.5, 0.6) is 0 Å². The van der Waals surface area contributed by atoms with Crippen LogP contribution in [0.3, 0.4) is 0 Å². The number of nitrogens with zero attached hydrogens (tertiary/aromatic N) is 1. The van der Waals surface area contributed by atoms with Crippen LogP contribution >= 0.6 is 0 Å². The van der Waals surface area contributed by atoms with Crippen molar-refractivity contribution in [1.29, 1.82) is 0 Å². The van der Waals surface area contributed by atoms with Crippen molar-refractivity contribution >= 4 is 23.5 Å². The average molecular weight is 306 g/mol. The molecule has 0 radical (unpaired) electrons. The number of nitrogens with one attached hydrogen (secondary N) is 1. The lowest BCUT2D eigenvalue weighted by Gasteiger charge is -2.32. The minimum absolute atomic E-state index is 0.120. The number of anilines is 1. The molecular weight excluding hydrogens is 288 g/mol. The Labute approximate surface area is 127 Å². The van der Waals surface area contributed by atoms with E-state index in [0.29, 0.717) is 24.4 Å². The Balaban J connectivity index is 2.01. The predicted molar refractivity (Wildman–Crippen MR) is 78.6 cm³/mol. The van der Waals surface area contributed by atoms with Gasteiger partial charge in [0.1, 0.15) is 0 Å². The number of hydrogen-bond donors (Lipinski definition) is 2. The van der Waals surface area contributed by atoms with E-state index in [-0.39, 0.29) is 24.8 Å². The minimum Gasteiger partial charge on any atom is -0.481 e. The van der Waals surface area contributed by atoms with Gasteiger partial charge in [-0.05, 0) is 24.3 Å². The molecule has 1 unspecified atom stereocenters. The first-order valence-electron chi connectivity index (χ1n) is 6.96. The number of rotatable bonds is 4. The summed E-state index contributed by atoms with van der Waals surface area (Å²) in [6.07, 6.45) is -0.598. The van der Waals surface area contributed by atoms with Crippen LogP contribution < -0.4 is 5.32 Å². The van der Waals surface area contributed by atoms with E-state index < -0.39 is 12.1 Å². The van der Waals surface area contributed by atoms with Crippen LogP contribution in [0.25, 0.3) is 0 Å². The second-order valence-electron chi connectivity index (χ2n) is 5.10. The topological polar surface area (TPSA) is 95.9 Å². The molecule has 0 saturated carbocycles. The number of carboxylic acids is 1. The molecule has 1 heterocycles. The molecule has 1 atom stereocenters. The number of carboxylic acid groups (broad SMARTS) is 1. The first-order chi connectivity index (χ1) is 10.5. The number of carbonyl (C=O) groups excluding carboxylic acids is 2. The molecule has 1 aromatic rings. The van der Waals surface area contributed by atoms with Crippen LogP contribution in [-0.2, 0) is 14.3 Å². The molecular formula is C15H18N2O5. The zero-order chi connectivity index (χ0) is 16.1. The molecule has 1 saturated heterocycles. The third-order valence-electron chi connectivity index (χ3n) is 3.28. The molecule has 0 aliphatic carbocycles. The van der Waals surface area contributed by atoms with E-state index in [1.807, 2.05) is 0 Å². The van der Waals surface area contributed by atoms with Gasteiger partial charge in [-0.15, -0.1) is 0 Å². The van der Waals surface area contributed by atoms with Crippen molar-refractivity contribution in [3.63, 3.8) is 0 Å². The first-order valence-corrected chi connectivity index (χ1v) is 6.96. The van der Waals surface area contributed by atoms with Crippen LogP contribution in [0.15, 0.2) is 24.3 Å². The Morgan fingerprint density at radius 3 is 2.59 bits per heavy atom. The van der Waals surface area contributed by atoms with Crippen molar-refractivity contribution < 1.29 is 24.2 Å². The maximum atomic E-state index is 12.4. The van der Waals surface area contributed by atoms with Crippen LogP contribution in [0.1, 0.15) is 23.7 Å². The Kier molecular flexibility index (Phi) is 5.11. The molecule has 22 heavy (non-hydrogen) atoms. The fourth-order valence-corrected chi connectivity index (χ4v) is 2.30. The van der Waals surface area contributed by atoms with Gasteiger partial charge in [0.15, 0.2) is 0 Å². The number of aliphatic carboxylic acids is 1. The van der Waals surface area contributed by atoms with E-state index in [9.17, 15) is 14.4 Å². The molecule has 0 spiro atoms. The summed E-state index contributed by atoms with van der Waals surface area (Å²) in [5.41, 5.74) is 1.11. The first kappa shape index (κ1) is 16.0. The number of amides is 2. The molecule has 2 N–H and O–H groups in total. The highest BCUT2D eigenvalue weighted by molar-refractivity contribution is 5.95. The maximum absolute atomic E-state index is 12.4. The van der Waals surface area contributed by atoms with Gasteiger partial charge in [0.05, 0.1) is 19.1 Å². The molecule has 2 amide bonds. The number of ether oxygens (including phenoxy) is 1. The Morgan fingerprint density at radius 2 is 2.00 bits per heavy atom. The summed E-state index contributed by atoms with van der Waals surface area (Å²) in [4.78, 5) is 35.7. The number of benzene rings is 1. The molecule has 0 aromatic heterocycles. The molecule has 118 valence electrons. The van der Waals surface area contributed by atoms with Gasteiger partial charge in [-0.3, -0.25) is 14.4 Å². The SMILES string of the molecule is CC(=O)Nc1ccc(C(=O)N2CCOC(CC(=O)O)C2)cc1. The molecule has 1 aliphatic rings. The normalized spacial score (nSPS) is 17.9. The maximum Gasteiger partial charge on any atom is 0.306 e. The summed E-state index contributed by atoms with van der Waals surface area (Å²) in [5, 5.41) is 11.4. The third kappa shape index (κ3) is 4.29. The number of carbonyl (C=O) groups is 3. The Morgan fingerprint density at radius 1 is 1.32 bits per heavy atom. The summed E-state index contributed by atoms with van der Waals surface area (Å²) in [6, 6.07) is 6.58. The second kappa shape index (κ2) is 7.04. The van der Waals surface area contributed by atoms with E-state index in [0.717, 1.165) is 0 Å². The van der Waals surface area contributed by atoms with Gasteiger partial charge in [0.25, 0.3) is 5.91 Å². The highest BCUT2D eigenvalue weighted by Crippen LogP contribution is 2.15. The molecule has 1 fully saturated rings. The van der Waals surface area contributed by atoms with Crippen molar-refractivity contribution in [3.05, 3.63) is 29.8 Å². The molecule has 7 nitrogen and oxygen atoms in total. The van der Waals surface area contributed by atoms with Crippen LogP contribution in [0.2, 0.25) is 0 Å². The van der Waals surface area contributed by atoms with Gasteiger partial charge in [0, 0.05) is 31.3 Å². The summed E-state index contributed by atoms with van der Waals surface area (Å²) >= 11 is 0. The van der Waals surface area contributed by atoms with Crippen LogP contribution in [0, 0.1) is 0 Å². The van der Waals surface area contributed by atoms with Crippen LogP contribution in [0.4, 0.5) is 5.69 Å². The lowest BCUT2D eigenvalue weighted by atomic mass is 10.1. The zero-order valence-electron chi connectivity index (χ0n) is 12.2. The van der Waals surface area contributed by atoms with Gasteiger partial charge in [-0.25, -0.2) is 0 Å². The summed E-state index contributed by atoms with van der Waals surface area (Å²) in [7, 11) is 0. The fourth-order valence-electron chi connectivity index (χ4n) is 2.30. The summed E-state index contributed by atoms with van der Waals surface area (Å²) < 4.78 is 5.35. The fraction of sp³-hybridized carbons (Fsp3) is 0.400. The lowest BCUT2D eigenvalue weighted by Crippen LogP contribution is -2.46. The minimum atomic E-state index is -0.945. The smallest absolute Gasteiger partial charge is 0.306 e. The monoisotopic (exact) mass is 306 g/mol. The Bertz CT molecular complexity index is 570. The lowest BCUT2D eigenvalue weighted by molar-refractivity contribution is -0.141. The third-order valence-corrected chi connectivity index (χ3v) is 3.28. The van der Waals surface area contributed by atoms with Gasteiger partial charge in [-0.1, -0.05) is 0 Å². The van der Waals surface area contributed by atoms with E-state index in [1.165, 1.54) is 6.92 Å². The molecule has 2 rings (SSSR count). The highest BCUT2D eigenvalue weighted by Gasteiger charge is 2.26. The van der Waals surface area contributed by atoms with Crippen LogP contribution in [-0.4, -0.2) is 53.6 Å². The van der Waals surface area contributed by atoms with Crippen molar-refractivity contribution in [2.24, 2.45) is 0 Å². The van der Waals surface area contributed by atoms with Gasteiger partial charge >= 0.3 is 5.97 Å². The Hall–Kier alpha value is -2.41. The summed E-state index contributed by atoms with van der Waals surface area (Å²) in [6.45, 7) is 2.43. The van der Waals surface area contributed by atoms with Crippen molar-refractivity contribution in [3.8, 4) is 0 Å². The van der Waals surface area contributed by atoms with Crippen molar-refractivity contribution in [1.82, 2.24) is 4.90 Å². The zero-order valence-corrected chi connectivity index (χ0v) is 12.2. The number of morpholine rings is 1. The van der Waals surface area contributed by atoms with E-state index in [1.54, 1.807) is 29.2 Å². The van der Waals surface area contributed by atoms with E-state index in [4.69, 9.17) is 9.84 Å². The largest absolute Gasteiger partial charge is 0.481 e. The quantitative estimate of drug-likeness (QED) is 0.864. The van der Waals surface area contributed by atoms with Gasteiger partial charge < -0.3 is 20.1 Å². The average Bonchev–Trinajstić information content (AvgIpc) is 2.46. The van der Waals surface area contributed by atoms with Gasteiger partial charge in [-0.2, -0.15) is 0 Å². The summed E-state index contributed by atoms with van der Waals surface area (Å²) in [5.74, 6) is -1.30. The van der Waals surface area contributed by atoms with E-state index in [2.05, 4.69) is 5.32 Å². The standard InChI is InChI=1S/C15H18N2O5/c1-10(18)16-12-4-2-11(3-5-12)15(21)17-6-7-22-13(9-17)8-14(19)20/h2-5,13H,6-9H2,1H3,(H,16,18)(H,19,20).